The van der Waals surface area contributed by atoms with Gasteiger partial charge in [0.15, 0.2) is 0 Å². The highest BCUT2D eigenvalue weighted by atomic mass is 35.5. The van der Waals surface area contributed by atoms with Gasteiger partial charge in [-0.1, -0.05) is 17.7 Å². The number of hydrogen-bond acceptors (Lipinski definition) is 3. The van der Waals surface area contributed by atoms with Crippen molar-refractivity contribution in [1.29, 1.82) is 0 Å². The fraction of sp³-hybridized carbons (Fsp3) is 0.118. The Morgan fingerprint density at radius 3 is 2.62 bits per heavy atom. The molecule has 3 N–H and O–H groups in total. The quantitative estimate of drug-likeness (QED) is 0.747. The first-order chi connectivity index (χ1) is 11.5. The lowest BCUT2D eigenvalue weighted by atomic mass is 10.2. The van der Waals surface area contributed by atoms with Crippen molar-refractivity contribution in [2.45, 2.75) is 13.0 Å². The van der Waals surface area contributed by atoms with Gasteiger partial charge in [-0.05, 0) is 36.4 Å². The van der Waals surface area contributed by atoms with E-state index in [9.17, 15) is 9.59 Å². The third kappa shape index (κ3) is 3.38. The smallest absolute Gasteiger partial charge is 0.248 e. The second-order valence-electron chi connectivity index (χ2n) is 5.28. The highest BCUT2D eigenvalue weighted by molar-refractivity contribution is 6.35. The van der Waals surface area contributed by atoms with Crippen molar-refractivity contribution in [3.63, 3.8) is 0 Å². The maximum Gasteiger partial charge on any atom is 0.248 e. The Labute approximate surface area is 143 Å². The third-order valence-electron chi connectivity index (χ3n) is 3.64. The molecule has 0 aliphatic rings. The lowest BCUT2D eigenvalue weighted by molar-refractivity contribution is -0.116. The molecule has 1 aromatic heterocycles. The summed E-state index contributed by atoms with van der Waals surface area (Å²) >= 11 is 6.11. The molecule has 0 aliphatic carbocycles. The van der Waals surface area contributed by atoms with Crippen LogP contribution in [0.3, 0.4) is 0 Å². The topological polar surface area (TPSA) is 90.0 Å². The van der Waals surface area contributed by atoms with Crippen molar-refractivity contribution < 1.29 is 9.59 Å². The van der Waals surface area contributed by atoms with Crippen molar-refractivity contribution in [2.75, 3.05) is 5.32 Å². The number of hydrogen-bond donors (Lipinski definition) is 2. The summed E-state index contributed by atoms with van der Waals surface area (Å²) < 4.78 is 1.75. The maximum atomic E-state index is 12.1. The molecule has 1 heterocycles. The van der Waals surface area contributed by atoms with Crippen molar-refractivity contribution in [3.8, 4) is 0 Å². The number of primary amides is 1. The first-order valence-corrected chi connectivity index (χ1v) is 7.72. The molecule has 0 radical (unpaired) electrons. The first-order valence-electron chi connectivity index (χ1n) is 7.34. The van der Waals surface area contributed by atoms with Crippen LogP contribution < -0.4 is 11.1 Å². The Kier molecular flexibility index (Phi) is 4.48. The van der Waals surface area contributed by atoms with Crippen LogP contribution in [0, 0.1) is 0 Å². The number of carbonyl (C=O) groups is 2. The number of nitrogens with two attached hydrogens (primary N) is 1. The van der Waals surface area contributed by atoms with E-state index in [2.05, 4.69) is 10.4 Å². The van der Waals surface area contributed by atoms with Crippen LogP contribution in [-0.2, 0) is 11.3 Å². The number of benzene rings is 2. The Morgan fingerprint density at radius 2 is 1.92 bits per heavy atom. The molecule has 3 aromatic rings. The minimum Gasteiger partial charge on any atom is -0.366 e. The van der Waals surface area contributed by atoms with Gasteiger partial charge in [0.1, 0.15) is 0 Å². The SMILES string of the molecule is NC(=O)c1ccc(NC(=O)CCn2ncc3c(Cl)cccc32)cc1. The van der Waals surface area contributed by atoms with Crippen LogP contribution in [0.25, 0.3) is 10.9 Å². The van der Waals surface area contributed by atoms with Crippen molar-refractivity contribution >= 4 is 40.0 Å². The van der Waals surface area contributed by atoms with Crippen LogP contribution in [0.4, 0.5) is 5.69 Å². The normalized spacial score (nSPS) is 10.7. The Bertz CT molecular complexity index is 903. The lowest BCUT2D eigenvalue weighted by Crippen LogP contribution is -2.15. The second-order valence-corrected chi connectivity index (χ2v) is 5.69. The molecule has 0 atom stereocenters. The zero-order chi connectivity index (χ0) is 17.1. The number of nitrogens with zero attached hydrogens (tertiary/aromatic N) is 2. The van der Waals surface area contributed by atoms with Crippen molar-refractivity contribution in [2.24, 2.45) is 5.73 Å². The summed E-state index contributed by atoms with van der Waals surface area (Å²) in [7, 11) is 0. The van der Waals surface area contributed by atoms with Gasteiger partial charge in [0.25, 0.3) is 0 Å². The molecular formula is C17H15ClN4O2. The largest absolute Gasteiger partial charge is 0.366 e. The van der Waals surface area contributed by atoms with Crippen LogP contribution in [0.1, 0.15) is 16.8 Å². The summed E-state index contributed by atoms with van der Waals surface area (Å²) in [6.07, 6.45) is 1.96. The average Bonchev–Trinajstić information content (AvgIpc) is 2.98. The predicted octanol–water partition coefficient (Wildman–Crippen LogP) is 2.82. The van der Waals surface area contributed by atoms with E-state index >= 15 is 0 Å². The molecule has 122 valence electrons. The number of carbonyl (C=O) groups excluding carboxylic acids is 2. The van der Waals surface area contributed by atoms with Gasteiger partial charge in [-0.3, -0.25) is 14.3 Å². The lowest BCUT2D eigenvalue weighted by Gasteiger charge is -2.07. The summed E-state index contributed by atoms with van der Waals surface area (Å²) in [4.78, 5) is 23.1. The molecule has 6 nitrogen and oxygen atoms in total. The summed E-state index contributed by atoms with van der Waals surface area (Å²) in [6, 6.07) is 12.0. The summed E-state index contributed by atoms with van der Waals surface area (Å²) in [6.45, 7) is 0.440. The molecule has 0 saturated heterocycles. The van der Waals surface area contributed by atoms with E-state index < -0.39 is 5.91 Å². The van der Waals surface area contributed by atoms with E-state index in [1.165, 1.54) is 0 Å². The maximum absolute atomic E-state index is 12.1. The molecule has 0 spiro atoms. The minimum atomic E-state index is -0.503. The van der Waals surface area contributed by atoms with Gasteiger partial charge in [-0.25, -0.2) is 0 Å². The van der Waals surface area contributed by atoms with Gasteiger partial charge in [0.2, 0.25) is 11.8 Å². The molecule has 2 amide bonds. The van der Waals surface area contributed by atoms with Gasteiger partial charge in [0, 0.05) is 23.1 Å². The molecule has 0 fully saturated rings. The van der Waals surface area contributed by atoms with Gasteiger partial charge in [-0.15, -0.1) is 0 Å². The predicted molar refractivity (Wildman–Crippen MR) is 92.9 cm³/mol. The van der Waals surface area contributed by atoms with Crippen LogP contribution >= 0.6 is 11.6 Å². The second kappa shape index (κ2) is 6.72. The number of rotatable bonds is 5. The Balaban J connectivity index is 1.62. The minimum absolute atomic E-state index is 0.146. The highest BCUT2D eigenvalue weighted by Gasteiger charge is 2.08. The summed E-state index contributed by atoms with van der Waals surface area (Å²) in [5, 5.41) is 8.54. The molecule has 2 aromatic carbocycles. The van der Waals surface area contributed by atoms with E-state index in [0.717, 1.165) is 10.9 Å². The van der Waals surface area contributed by atoms with E-state index in [-0.39, 0.29) is 12.3 Å². The molecule has 0 unspecified atom stereocenters. The third-order valence-corrected chi connectivity index (χ3v) is 3.97. The van der Waals surface area contributed by atoms with Gasteiger partial charge in [-0.2, -0.15) is 5.10 Å². The van der Waals surface area contributed by atoms with Gasteiger partial charge >= 0.3 is 0 Å². The Morgan fingerprint density at radius 1 is 1.17 bits per heavy atom. The zero-order valence-corrected chi connectivity index (χ0v) is 13.5. The van der Waals surface area contributed by atoms with Crippen LogP contribution in [0.15, 0.2) is 48.7 Å². The summed E-state index contributed by atoms with van der Waals surface area (Å²) in [5.74, 6) is -0.649. The number of anilines is 1. The first kappa shape index (κ1) is 16.0. The van der Waals surface area contributed by atoms with Crippen LogP contribution in [-0.4, -0.2) is 21.6 Å². The van der Waals surface area contributed by atoms with Crippen molar-refractivity contribution in [3.05, 3.63) is 59.2 Å². The molecule has 3 rings (SSSR count). The number of aromatic nitrogens is 2. The molecule has 24 heavy (non-hydrogen) atoms. The fourth-order valence-electron chi connectivity index (χ4n) is 2.40. The van der Waals surface area contributed by atoms with Gasteiger partial charge in [0.05, 0.1) is 23.3 Å². The molecular weight excluding hydrogens is 328 g/mol. The standard InChI is InChI=1S/C17H15ClN4O2/c18-14-2-1-3-15-13(14)10-20-22(15)9-8-16(23)21-12-6-4-11(5-7-12)17(19)24/h1-7,10H,8-9H2,(H2,19,24)(H,21,23). The van der Waals surface area contributed by atoms with E-state index in [1.54, 1.807) is 41.2 Å². The van der Waals surface area contributed by atoms with E-state index in [1.807, 2.05) is 12.1 Å². The zero-order valence-electron chi connectivity index (χ0n) is 12.7. The number of amides is 2. The average molecular weight is 343 g/mol. The number of nitrogens with one attached hydrogen (secondary N) is 1. The molecule has 0 saturated carbocycles. The van der Waals surface area contributed by atoms with Crippen molar-refractivity contribution in [1.82, 2.24) is 9.78 Å². The number of halogens is 1. The number of aryl methyl sites for hydroxylation is 1. The monoisotopic (exact) mass is 342 g/mol. The van der Waals surface area contributed by atoms with Crippen LogP contribution in [0.5, 0.6) is 0 Å². The molecule has 0 aliphatic heterocycles. The van der Waals surface area contributed by atoms with E-state index in [4.69, 9.17) is 17.3 Å². The van der Waals surface area contributed by atoms with E-state index in [0.29, 0.717) is 22.8 Å². The fourth-order valence-corrected chi connectivity index (χ4v) is 2.61. The number of fused-ring (bicyclic) bond motifs is 1. The Hall–Kier alpha value is -2.86. The van der Waals surface area contributed by atoms with Crippen LogP contribution in [0.2, 0.25) is 5.02 Å². The summed E-state index contributed by atoms with van der Waals surface area (Å²) in [5.41, 5.74) is 7.07. The molecule has 0 bridgehead atoms. The van der Waals surface area contributed by atoms with Gasteiger partial charge < -0.3 is 11.1 Å². The highest BCUT2D eigenvalue weighted by Crippen LogP contribution is 2.22. The molecule has 7 heteroatoms.